The van der Waals surface area contributed by atoms with Gasteiger partial charge in [-0.2, -0.15) is 0 Å². The summed E-state index contributed by atoms with van der Waals surface area (Å²) in [4.78, 5) is 27.0. The average Bonchev–Trinajstić information content (AvgIpc) is 3.08. The van der Waals surface area contributed by atoms with Crippen molar-refractivity contribution < 1.29 is 9.21 Å². The largest absolute Gasteiger partial charge is 0.465 e. The van der Waals surface area contributed by atoms with Crippen molar-refractivity contribution in [3.05, 3.63) is 66.1 Å². The molecule has 0 radical (unpaired) electrons. The number of aromatic nitrogens is 3. The Morgan fingerprint density at radius 3 is 2.54 bits per heavy atom. The monoisotopic (exact) mass is 351 g/mol. The number of nitrogens with zero attached hydrogens (tertiary/aromatic N) is 4. The smallest absolute Gasteiger partial charge is 0.254 e. The predicted molar refractivity (Wildman–Crippen MR) is 97.5 cm³/mol. The molecule has 0 fully saturated rings. The lowest BCUT2D eigenvalue weighted by Crippen LogP contribution is -2.34. The van der Waals surface area contributed by atoms with E-state index >= 15 is 0 Å². The van der Waals surface area contributed by atoms with Crippen LogP contribution in [0.1, 0.15) is 27.9 Å². The highest BCUT2D eigenvalue weighted by atomic mass is 16.3. The standard InChI is InChI=1S/C19H21N5O2/c1-13-6-7-17(26-13)16(24(2)3)12-23-19(25)15-10-21-18(22-11-15)14-5-4-8-20-9-14/h4-11,16H,12H2,1-3H3,(H,23,25)/t16-/m0/s1. The summed E-state index contributed by atoms with van der Waals surface area (Å²) in [5, 5.41) is 2.91. The molecule has 3 heterocycles. The number of likely N-dealkylation sites (N-methyl/N-ethyl adjacent to an activating group) is 1. The van der Waals surface area contributed by atoms with E-state index in [-0.39, 0.29) is 11.9 Å². The lowest BCUT2D eigenvalue weighted by Gasteiger charge is -2.22. The van der Waals surface area contributed by atoms with Crippen molar-refractivity contribution in [2.45, 2.75) is 13.0 Å². The Balaban J connectivity index is 1.66. The zero-order valence-electron chi connectivity index (χ0n) is 15.0. The lowest BCUT2D eigenvalue weighted by molar-refractivity contribution is 0.0938. The maximum absolute atomic E-state index is 12.4. The summed E-state index contributed by atoms with van der Waals surface area (Å²) < 4.78 is 5.69. The van der Waals surface area contributed by atoms with E-state index in [1.165, 1.54) is 12.4 Å². The van der Waals surface area contributed by atoms with Crippen molar-refractivity contribution in [2.24, 2.45) is 0 Å². The van der Waals surface area contributed by atoms with Crippen LogP contribution in [0.15, 0.2) is 53.5 Å². The van der Waals surface area contributed by atoms with Crippen molar-refractivity contribution in [1.82, 2.24) is 25.2 Å². The van der Waals surface area contributed by atoms with E-state index in [1.54, 1.807) is 12.4 Å². The van der Waals surface area contributed by atoms with Crippen molar-refractivity contribution in [1.29, 1.82) is 0 Å². The fourth-order valence-corrected chi connectivity index (χ4v) is 2.55. The molecule has 7 nitrogen and oxygen atoms in total. The second-order valence-electron chi connectivity index (χ2n) is 6.17. The minimum Gasteiger partial charge on any atom is -0.465 e. The predicted octanol–water partition coefficient (Wildman–Crippen LogP) is 2.47. The zero-order valence-corrected chi connectivity index (χ0v) is 15.0. The van der Waals surface area contributed by atoms with Crippen LogP contribution in [0.3, 0.4) is 0 Å². The molecule has 0 aliphatic heterocycles. The van der Waals surface area contributed by atoms with Crippen molar-refractivity contribution in [3.8, 4) is 11.4 Å². The van der Waals surface area contributed by atoms with Crippen LogP contribution < -0.4 is 5.32 Å². The third kappa shape index (κ3) is 4.12. The quantitative estimate of drug-likeness (QED) is 0.734. The maximum atomic E-state index is 12.4. The number of rotatable bonds is 6. The molecule has 0 bridgehead atoms. The van der Waals surface area contributed by atoms with Crippen LogP contribution in [0.2, 0.25) is 0 Å². The molecule has 3 aromatic heterocycles. The summed E-state index contributed by atoms with van der Waals surface area (Å²) in [5.41, 5.74) is 1.21. The molecule has 1 amide bonds. The van der Waals surface area contributed by atoms with Gasteiger partial charge in [0.1, 0.15) is 11.5 Å². The number of hydrogen-bond donors (Lipinski definition) is 1. The van der Waals surface area contributed by atoms with Crippen LogP contribution >= 0.6 is 0 Å². The molecule has 0 unspecified atom stereocenters. The molecular weight excluding hydrogens is 330 g/mol. The van der Waals surface area contributed by atoms with Gasteiger partial charge in [-0.3, -0.25) is 14.7 Å². The van der Waals surface area contributed by atoms with Crippen LogP contribution in [-0.2, 0) is 0 Å². The van der Waals surface area contributed by atoms with E-state index in [0.717, 1.165) is 17.1 Å². The summed E-state index contributed by atoms with van der Waals surface area (Å²) in [6, 6.07) is 7.48. The molecule has 0 saturated heterocycles. The minimum atomic E-state index is -0.224. The van der Waals surface area contributed by atoms with E-state index < -0.39 is 0 Å². The van der Waals surface area contributed by atoms with Crippen LogP contribution in [0.4, 0.5) is 0 Å². The molecule has 0 aromatic carbocycles. The fourth-order valence-electron chi connectivity index (χ4n) is 2.55. The van der Waals surface area contributed by atoms with Gasteiger partial charge in [-0.25, -0.2) is 9.97 Å². The molecule has 3 aromatic rings. The number of carbonyl (C=O) groups is 1. The summed E-state index contributed by atoms with van der Waals surface area (Å²) in [6.07, 6.45) is 6.41. The van der Waals surface area contributed by atoms with Gasteiger partial charge >= 0.3 is 0 Å². The highest BCUT2D eigenvalue weighted by Crippen LogP contribution is 2.20. The number of aryl methyl sites for hydroxylation is 1. The number of pyridine rings is 1. The lowest BCUT2D eigenvalue weighted by atomic mass is 10.2. The normalized spacial score (nSPS) is 12.2. The Morgan fingerprint density at radius 2 is 1.96 bits per heavy atom. The van der Waals surface area contributed by atoms with Crippen LogP contribution in [0.25, 0.3) is 11.4 Å². The summed E-state index contributed by atoms with van der Waals surface area (Å²) in [6.45, 7) is 2.32. The van der Waals surface area contributed by atoms with Gasteiger partial charge < -0.3 is 9.73 Å². The van der Waals surface area contributed by atoms with Gasteiger partial charge in [0.05, 0.1) is 11.6 Å². The second-order valence-corrected chi connectivity index (χ2v) is 6.17. The zero-order chi connectivity index (χ0) is 18.5. The fraction of sp³-hybridized carbons (Fsp3) is 0.263. The van der Waals surface area contributed by atoms with E-state index in [4.69, 9.17) is 4.42 Å². The highest BCUT2D eigenvalue weighted by molar-refractivity contribution is 5.93. The average molecular weight is 351 g/mol. The molecule has 0 spiro atoms. The number of amides is 1. The molecule has 134 valence electrons. The number of nitrogens with one attached hydrogen (secondary N) is 1. The Kier molecular flexibility index (Phi) is 5.38. The van der Waals surface area contributed by atoms with Gasteiger partial charge in [0.15, 0.2) is 5.82 Å². The number of hydrogen-bond acceptors (Lipinski definition) is 6. The van der Waals surface area contributed by atoms with Crippen LogP contribution in [-0.4, -0.2) is 46.4 Å². The molecule has 0 saturated carbocycles. The third-order valence-corrected chi connectivity index (χ3v) is 4.00. The van der Waals surface area contributed by atoms with Crippen LogP contribution in [0, 0.1) is 6.92 Å². The molecule has 1 atom stereocenters. The number of furan rings is 1. The van der Waals surface area contributed by atoms with Gasteiger partial charge in [0.2, 0.25) is 0 Å². The van der Waals surface area contributed by atoms with Gasteiger partial charge in [0, 0.05) is 36.9 Å². The van der Waals surface area contributed by atoms with E-state index in [1.807, 2.05) is 50.2 Å². The molecule has 3 rings (SSSR count). The Morgan fingerprint density at radius 1 is 1.19 bits per heavy atom. The Hall–Kier alpha value is -3.06. The maximum Gasteiger partial charge on any atom is 0.254 e. The van der Waals surface area contributed by atoms with E-state index in [0.29, 0.717) is 17.9 Å². The van der Waals surface area contributed by atoms with E-state index in [9.17, 15) is 4.79 Å². The first-order chi connectivity index (χ1) is 12.5. The number of carbonyl (C=O) groups excluding carboxylic acids is 1. The molecule has 0 aliphatic rings. The third-order valence-electron chi connectivity index (χ3n) is 4.00. The summed E-state index contributed by atoms with van der Waals surface area (Å²) in [5.74, 6) is 1.97. The SMILES string of the molecule is Cc1ccc([C@H](CNC(=O)c2cnc(-c3cccnc3)nc2)N(C)C)o1. The van der Waals surface area contributed by atoms with Crippen LogP contribution in [0.5, 0.6) is 0 Å². The van der Waals surface area contributed by atoms with Crippen molar-refractivity contribution in [3.63, 3.8) is 0 Å². The first-order valence-corrected chi connectivity index (χ1v) is 8.28. The first-order valence-electron chi connectivity index (χ1n) is 8.28. The summed E-state index contributed by atoms with van der Waals surface area (Å²) in [7, 11) is 3.89. The first kappa shape index (κ1) is 17.8. The van der Waals surface area contributed by atoms with Gasteiger partial charge in [-0.1, -0.05) is 0 Å². The van der Waals surface area contributed by atoms with Crippen molar-refractivity contribution in [2.75, 3.05) is 20.6 Å². The summed E-state index contributed by atoms with van der Waals surface area (Å²) >= 11 is 0. The second kappa shape index (κ2) is 7.88. The Bertz CT molecular complexity index is 859. The molecule has 0 aliphatic carbocycles. The Labute approximate surface area is 152 Å². The molecule has 1 N–H and O–H groups in total. The molecule has 7 heteroatoms. The van der Waals surface area contributed by atoms with Crippen molar-refractivity contribution >= 4 is 5.91 Å². The molecule has 26 heavy (non-hydrogen) atoms. The highest BCUT2D eigenvalue weighted by Gasteiger charge is 2.19. The van der Waals surface area contributed by atoms with Gasteiger partial charge in [-0.15, -0.1) is 0 Å². The van der Waals surface area contributed by atoms with Gasteiger partial charge in [0.25, 0.3) is 5.91 Å². The van der Waals surface area contributed by atoms with Gasteiger partial charge in [-0.05, 0) is 45.3 Å². The van der Waals surface area contributed by atoms with E-state index in [2.05, 4.69) is 20.3 Å². The topological polar surface area (TPSA) is 84.2 Å². The molecular formula is C19H21N5O2. The minimum absolute atomic E-state index is 0.0526.